The minimum absolute atomic E-state index is 0.0748. The fourth-order valence-electron chi connectivity index (χ4n) is 3.74. The Bertz CT molecular complexity index is 1380. The van der Waals surface area contributed by atoms with Gasteiger partial charge < -0.3 is 8.83 Å². The Balaban J connectivity index is 1.47. The van der Waals surface area contributed by atoms with E-state index in [-0.39, 0.29) is 5.41 Å². The van der Waals surface area contributed by atoms with Gasteiger partial charge in [-0.15, -0.1) is 11.3 Å². The van der Waals surface area contributed by atoms with Crippen molar-refractivity contribution in [2.45, 2.75) is 46.5 Å². The maximum atomic E-state index is 6.03. The summed E-state index contributed by atoms with van der Waals surface area (Å²) >= 11 is 1.58. The van der Waals surface area contributed by atoms with Crippen molar-refractivity contribution >= 4 is 33.5 Å². The molecular formula is C26H26N2O2S. The van der Waals surface area contributed by atoms with E-state index in [4.69, 9.17) is 18.8 Å². The van der Waals surface area contributed by atoms with Gasteiger partial charge in [-0.3, -0.25) is 0 Å². The number of thiophene rings is 1. The van der Waals surface area contributed by atoms with Crippen LogP contribution in [0.25, 0.3) is 43.7 Å². The molecule has 0 atom stereocenters. The first-order valence-electron chi connectivity index (χ1n) is 10.7. The third-order valence-corrected chi connectivity index (χ3v) is 6.44. The van der Waals surface area contributed by atoms with E-state index in [1.54, 1.807) is 11.3 Å². The van der Waals surface area contributed by atoms with Crippen LogP contribution in [0.2, 0.25) is 0 Å². The van der Waals surface area contributed by atoms with Crippen molar-refractivity contribution in [2.75, 3.05) is 0 Å². The second-order valence-corrected chi connectivity index (χ2v) is 10.6. The van der Waals surface area contributed by atoms with E-state index in [1.165, 1.54) is 11.1 Å². The summed E-state index contributed by atoms with van der Waals surface area (Å²) in [7, 11) is 0. The largest absolute Gasteiger partial charge is 0.435 e. The number of benzene rings is 2. The van der Waals surface area contributed by atoms with Crippen LogP contribution in [0.4, 0.5) is 0 Å². The van der Waals surface area contributed by atoms with E-state index < -0.39 is 0 Å². The van der Waals surface area contributed by atoms with Crippen LogP contribution in [0.15, 0.2) is 57.4 Å². The van der Waals surface area contributed by atoms with Gasteiger partial charge in [0.05, 0.1) is 9.75 Å². The van der Waals surface area contributed by atoms with Crippen LogP contribution in [0.3, 0.4) is 0 Å². The molecule has 0 fully saturated rings. The maximum Gasteiger partial charge on any atom is 0.237 e. The van der Waals surface area contributed by atoms with E-state index in [1.807, 2.05) is 24.3 Å². The molecule has 5 aromatic rings. The van der Waals surface area contributed by atoms with Crippen LogP contribution < -0.4 is 0 Å². The molecule has 0 aliphatic heterocycles. The molecular weight excluding hydrogens is 404 g/mol. The fourth-order valence-corrected chi connectivity index (χ4v) is 4.60. The molecule has 158 valence electrons. The second kappa shape index (κ2) is 7.34. The topological polar surface area (TPSA) is 52.1 Å². The minimum atomic E-state index is 0.0748. The number of fused-ring (bicyclic) bond motifs is 2. The van der Waals surface area contributed by atoms with Crippen LogP contribution in [0.1, 0.15) is 45.7 Å². The number of hydrogen-bond acceptors (Lipinski definition) is 5. The van der Waals surface area contributed by atoms with E-state index >= 15 is 0 Å². The third-order valence-electron chi connectivity index (χ3n) is 5.38. The lowest BCUT2D eigenvalue weighted by Gasteiger charge is -2.18. The molecule has 3 heterocycles. The normalized spacial score (nSPS) is 12.5. The van der Waals surface area contributed by atoms with E-state index in [9.17, 15) is 0 Å². The average Bonchev–Trinajstić information content (AvgIpc) is 3.42. The Hall–Kier alpha value is -2.92. The highest BCUT2D eigenvalue weighted by Crippen LogP contribution is 2.37. The van der Waals surface area contributed by atoms with E-state index in [2.05, 4.69) is 58.9 Å². The van der Waals surface area contributed by atoms with Crippen molar-refractivity contribution in [1.82, 2.24) is 9.97 Å². The summed E-state index contributed by atoms with van der Waals surface area (Å²) in [6, 6.07) is 16.6. The Morgan fingerprint density at radius 2 is 1.39 bits per heavy atom. The molecule has 5 heteroatoms. The number of hydrogen-bond donors (Lipinski definition) is 0. The third kappa shape index (κ3) is 3.90. The van der Waals surface area contributed by atoms with E-state index in [0.717, 1.165) is 38.4 Å². The lowest BCUT2D eigenvalue weighted by Crippen LogP contribution is -2.10. The van der Waals surface area contributed by atoms with Gasteiger partial charge in [0.25, 0.3) is 0 Å². The first-order valence-corrected chi connectivity index (χ1v) is 11.5. The number of aromatic nitrogens is 2. The zero-order valence-corrected chi connectivity index (χ0v) is 19.3. The zero-order valence-electron chi connectivity index (χ0n) is 18.5. The SMILES string of the molecule is CC(C)Cc1ccc2oc(-c3ccc(-c4nc5cc(C(C)(C)C)ccc5o4)s3)nc2c1. The minimum Gasteiger partial charge on any atom is -0.435 e. The van der Waals surface area contributed by atoms with Crippen LogP contribution in [0, 0.1) is 5.92 Å². The van der Waals surface area contributed by atoms with Gasteiger partial charge in [-0.25, -0.2) is 9.97 Å². The molecule has 0 aliphatic carbocycles. The van der Waals surface area contributed by atoms with Gasteiger partial charge in [0.1, 0.15) is 11.0 Å². The molecule has 0 aliphatic rings. The van der Waals surface area contributed by atoms with Gasteiger partial charge in [0, 0.05) is 0 Å². The number of rotatable bonds is 4. The number of oxazole rings is 2. The Morgan fingerprint density at radius 3 is 1.97 bits per heavy atom. The summed E-state index contributed by atoms with van der Waals surface area (Å²) in [6.07, 6.45) is 1.04. The molecule has 0 bridgehead atoms. The van der Waals surface area contributed by atoms with Crippen molar-refractivity contribution in [3.05, 3.63) is 59.7 Å². The summed E-state index contributed by atoms with van der Waals surface area (Å²) in [4.78, 5) is 11.4. The number of nitrogens with zero attached hydrogens (tertiary/aromatic N) is 2. The van der Waals surface area contributed by atoms with Crippen molar-refractivity contribution in [1.29, 1.82) is 0 Å². The fraction of sp³-hybridized carbons (Fsp3) is 0.308. The van der Waals surface area contributed by atoms with Gasteiger partial charge in [-0.1, -0.05) is 46.8 Å². The van der Waals surface area contributed by atoms with Gasteiger partial charge in [-0.2, -0.15) is 0 Å². The van der Waals surface area contributed by atoms with Gasteiger partial charge in [-0.05, 0) is 65.3 Å². The Morgan fingerprint density at radius 1 is 0.806 bits per heavy atom. The molecule has 0 radical (unpaired) electrons. The average molecular weight is 431 g/mol. The summed E-state index contributed by atoms with van der Waals surface area (Å²) in [6.45, 7) is 11.1. The van der Waals surface area contributed by atoms with Crippen molar-refractivity contribution in [3.8, 4) is 21.5 Å². The van der Waals surface area contributed by atoms with Gasteiger partial charge >= 0.3 is 0 Å². The monoisotopic (exact) mass is 430 g/mol. The molecule has 0 saturated carbocycles. The molecule has 3 aromatic heterocycles. The first-order chi connectivity index (χ1) is 14.8. The predicted molar refractivity (Wildman–Crippen MR) is 128 cm³/mol. The van der Waals surface area contributed by atoms with E-state index in [0.29, 0.717) is 17.7 Å². The van der Waals surface area contributed by atoms with Crippen LogP contribution >= 0.6 is 11.3 Å². The smallest absolute Gasteiger partial charge is 0.237 e. The quantitative estimate of drug-likeness (QED) is 0.291. The van der Waals surface area contributed by atoms with Crippen LogP contribution in [0.5, 0.6) is 0 Å². The highest BCUT2D eigenvalue weighted by molar-refractivity contribution is 7.18. The lowest BCUT2D eigenvalue weighted by atomic mass is 9.87. The Labute approximate surface area is 185 Å². The second-order valence-electron chi connectivity index (χ2n) is 9.53. The first kappa shape index (κ1) is 20.0. The molecule has 0 unspecified atom stereocenters. The Kier molecular flexibility index (Phi) is 4.74. The van der Waals surface area contributed by atoms with Crippen LogP contribution in [-0.2, 0) is 11.8 Å². The highest BCUT2D eigenvalue weighted by Gasteiger charge is 2.18. The summed E-state index contributed by atoms with van der Waals surface area (Å²) < 4.78 is 12.1. The summed E-state index contributed by atoms with van der Waals surface area (Å²) in [5.74, 6) is 1.88. The van der Waals surface area contributed by atoms with Crippen molar-refractivity contribution in [3.63, 3.8) is 0 Å². The molecule has 0 saturated heterocycles. The summed E-state index contributed by atoms with van der Waals surface area (Å²) in [5, 5.41) is 0. The molecule has 0 spiro atoms. The van der Waals surface area contributed by atoms with Gasteiger partial charge in [0.2, 0.25) is 11.8 Å². The molecule has 2 aromatic carbocycles. The highest BCUT2D eigenvalue weighted by atomic mass is 32.1. The molecule has 5 rings (SSSR count). The molecule has 31 heavy (non-hydrogen) atoms. The van der Waals surface area contributed by atoms with Crippen LogP contribution in [-0.4, -0.2) is 9.97 Å². The molecule has 4 nitrogen and oxygen atoms in total. The lowest BCUT2D eigenvalue weighted by molar-refractivity contribution is 0.590. The zero-order chi connectivity index (χ0) is 21.8. The molecule has 0 amide bonds. The molecule has 0 N–H and O–H groups in total. The van der Waals surface area contributed by atoms with Crippen molar-refractivity contribution in [2.24, 2.45) is 5.92 Å². The maximum absolute atomic E-state index is 6.03. The predicted octanol–water partition coefficient (Wildman–Crippen LogP) is 7.86. The van der Waals surface area contributed by atoms with Gasteiger partial charge in [0.15, 0.2) is 11.2 Å². The summed E-state index contributed by atoms with van der Waals surface area (Å²) in [5.41, 5.74) is 6.01. The standard InChI is InChI=1S/C26H26N2O2S/c1-15(2)12-16-6-8-20-18(13-16)27-24(29-20)22-10-11-23(31-22)25-28-19-14-17(26(3,4)5)7-9-21(19)30-25/h6-11,13-15H,12H2,1-5H3. The van der Waals surface area contributed by atoms with Crippen molar-refractivity contribution < 1.29 is 8.83 Å².